The van der Waals surface area contributed by atoms with Crippen molar-refractivity contribution >= 4 is 5.97 Å². The van der Waals surface area contributed by atoms with Crippen molar-refractivity contribution < 1.29 is 9.53 Å². The van der Waals surface area contributed by atoms with E-state index in [0.29, 0.717) is 12.3 Å². The number of hydrogen-bond acceptors (Lipinski definition) is 3. The Morgan fingerprint density at radius 1 is 1.39 bits per heavy atom. The van der Waals surface area contributed by atoms with Crippen LogP contribution in [0.1, 0.15) is 31.9 Å². The van der Waals surface area contributed by atoms with E-state index in [1.165, 1.54) is 5.56 Å². The minimum Gasteiger partial charge on any atom is -0.458 e. The first-order chi connectivity index (χ1) is 8.77. The van der Waals surface area contributed by atoms with E-state index in [4.69, 9.17) is 4.74 Å². The quantitative estimate of drug-likeness (QED) is 0.605. The number of nitrogens with zero attached hydrogens (tertiary/aromatic N) is 1. The lowest BCUT2D eigenvalue weighted by Gasteiger charge is -2.38. The molecule has 96 valence electrons. The van der Waals surface area contributed by atoms with Crippen LogP contribution in [-0.4, -0.2) is 24.0 Å². The first kappa shape index (κ1) is 12.7. The van der Waals surface area contributed by atoms with Crippen LogP contribution < -0.4 is 0 Å². The largest absolute Gasteiger partial charge is 0.458 e. The molecule has 1 aromatic carbocycles. The molecule has 0 saturated carbocycles. The molecule has 1 heterocycles. The van der Waals surface area contributed by atoms with E-state index in [1.807, 2.05) is 31.2 Å². The Labute approximate surface area is 108 Å². The minimum absolute atomic E-state index is 0.134. The summed E-state index contributed by atoms with van der Waals surface area (Å²) in [5.41, 5.74) is 1.87. The molecule has 3 heteroatoms. The summed E-state index contributed by atoms with van der Waals surface area (Å²) in [5.74, 6) is -0.210. The number of ether oxygens (including phenoxy) is 1. The van der Waals surface area contributed by atoms with Gasteiger partial charge in [-0.2, -0.15) is 0 Å². The molecule has 1 unspecified atom stereocenters. The highest BCUT2D eigenvalue weighted by Gasteiger charge is 2.32. The zero-order chi connectivity index (χ0) is 13.0. The van der Waals surface area contributed by atoms with Crippen LogP contribution in [0, 0.1) is 0 Å². The number of carbonyl (C=O) groups excluding carboxylic acids is 1. The van der Waals surface area contributed by atoms with Crippen molar-refractivity contribution in [2.75, 3.05) is 13.2 Å². The van der Waals surface area contributed by atoms with Crippen molar-refractivity contribution in [3.63, 3.8) is 0 Å². The van der Waals surface area contributed by atoms with Crippen molar-refractivity contribution in [1.29, 1.82) is 0 Å². The number of allylic oxidation sites excluding steroid dienone is 1. The van der Waals surface area contributed by atoms with Gasteiger partial charge in [0.05, 0.1) is 6.04 Å². The maximum atomic E-state index is 11.8. The highest BCUT2D eigenvalue weighted by molar-refractivity contribution is 5.88. The first-order valence-electron chi connectivity index (χ1n) is 6.43. The van der Waals surface area contributed by atoms with Crippen molar-refractivity contribution in [2.45, 2.75) is 26.3 Å². The average molecular weight is 245 g/mol. The molecule has 18 heavy (non-hydrogen) atoms. The van der Waals surface area contributed by atoms with Gasteiger partial charge in [0.15, 0.2) is 0 Å². The molecule has 1 atom stereocenters. The fourth-order valence-electron chi connectivity index (χ4n) is 2.36. The fraction of sp³-hybridized carbons (Fsp3) is 0.400. The third-order valence-electron chi connectivity index (χ3n) is 3.19. The molecule has 0 spiro atoms. The number of rotatable bonds is 3. The lowest BCUT2D eigenvalue weighted by Crippen LogP contribution is -2.40. The summed E-state index contributed by atoms with van der Waals surface area (Å²) in [5, 5.41) is 0. The number of esters is 1. The smallest absolute Gasteiger partial charge is 0.354 e. The molecule has 0 N–H and O–H groups in total. The second-order valence-electron chi connectivity index (χ2n) is 4.39. The van der Waals surface area contributed by atoms with E-state index in [0.717, 1.165) is 13.0 Å². The Bertz CT molecular complexity index is 439. The van der Waals surface area contributed by atoms with Gasteiger partial charge in [-0.25, -0.2) is 4.79 Å². The molecule has 1 aliphatic rings. The predicted octanol–water partition coefficient (Wildman–Crippen LogP) is 2.90. The van der Waals surface area contributed by atoms with Gasteiger partial charge in [0.25, 0.3) is 0 Å². The first-order valence-corrected chi connectivity index (χ1v) is 6.43. The summed E-state index contributed by atoms with van der Waals surface area (Å²) in [6.45, 7) is 5.30. The second-order valence-corrected chi connectivity index (χ2v) is 4.39. The van der Waals surface area contributed by atoms with E-state index < -0.39 is 0 Å². The van der Waals surface area contributed by atoms with E-state index >= 15 is 0 Å². The van der Waals surface area contributed by atoms with Crippen LogP contribution in [0.4, 0.5) is 0 Å². The Hall–Kier alpha value is -1.77. The highest BCUT2D eigenvalue weighted by atomic mass is 16.5. The van der Waals surface area contributed by atoms with Crippen LogP contribution in [-0.2, 0) is 9.53 Å². The Morgan fingerprint density at radius 3 is 2.72 bits per heavy atom. The molecule has 1 aromatic rings. The van der Waals surface area contributed by atoms with Crippen LogP contribution in [0.5, 0.6) is 0 Å². The molecule has 1 aliphatic heterocycles. The summed E-state index contributed by atoms with van der Waals surface area (Å²) in [7, 11) is 0. The zero-order valence-electron chi connectivity index (χ0n) is 10.9. The van der Waals surface area contributed by atoms with Crippen molar-refractivity contribution in [3.05, 3.63) is 47.7 Å². The summed E-state index contributed by atoms with van der Waals surface area (Å²) < 4.78 is 5.28. The number of cyclic esters (lactones) is 1. The predicted molar refractivity (Wildman–Crippen MR) is 70.9 cm³/mol. The molecule has 0 aromatic heterocycles. The van der Waals surface area contributed by atoms with Crippen molar-refractivity contribution in [2.24, 2.45) is 0 Å². The van der Waals surface area contributed by atoms with Gasteiger partial charge < -0.3 is 9.64 Å². The number of carbonyl (C=O) groups is 1. The summed E-state index contributed by atoms with van der Waals surface area (Å²) in [6, 6.07) is 10.3. The van der Waals surface area contributed by atoms with E-state index in [1.54, 1.807) is 0 Å². The summed E-state index contributed by atoms with van der Waals surface area (Å²) in [4.78, 5) is 13.9. The maximum Gasteiger partial charge on any atom is 0.354 e. The molecule has 1 fully saturated rings. The molecule has 1 saturated heterocycles. The van der Waals surface area contributed by atoms with Gasteiger partial charge in [0, 0.05) is 6.54 Å². The molecule has 2 rings (SSSR count). The molecule has 0 bridgehead atoms. The van der Waals surface area contributed by atoms with Gasteiger partial charge in [0.1, 0.15) is 12.3 Å². The van der Waals surface area contributed by atoms with E-state index in [2.05, 4.69) is 24.0 Å². The van der Waals surface area contributed by atoms with Gasteiger partial charge in [-0.3, -0.25) is 0 Å². The molecule has 0 radical (unpaired) electrons. The normalized spacial score (nSPS) is 22.1. The monoisotopic (exact) mass is 245 g/mol. The van der Waals surface area contributed by atoms with Crippen LogP contribution in [0.3, 0.4) is 0 Å². The highest BCUT2D eigenvalue weighted by Crippen LogP contribution is 2.29. The van der Waals surface area contributed by atoms with Crippen LogP contribution >= 0.6 is 0 Å². The number of morpholine rings is 1. The van der Waals surface area contributed by atoms with Crippen LogP contribution in [0.15, 0.2) is 42.1 Å². The van der Waals surface area contributed by atoms with E-state index in [-0.39, 0.29) is 12.0 Å². The van der Waals surface area contributed by atoms with Crippen LogP contribution in [0.25, 0.3) is 0 Å². The zero-order valence-corrected chi connectivity index (χ0v) is 10.9. The van der Waals surface area contributed by atoms with Gasteiger partial charge in [0.2, 0.25) is 0 Å². The SMILES string of the molecule is CC=C1C(=O)OCC(c2ccccc2)N1CCC. The lowest BCUT2D eigenvalue weighted by atomic mass is 10.0. The molecule has 3 nitrogen and oxygen atoms in total. The topological polar surface area (TPSA) is 29.5 Å². The molecule has 0 amide bonds. The van der Waals surface area contributed by atoms with Gasteiger partial charge in [-0.15, -0.1) is 0 Å². The Morgan fingerprint density at radius 2 is 2.11 bits per heavy atom. The van der Waals surface area contributed by atoms with Crippen molar-refractivity contribution in [1.82, 2.24) is 4.90 Å². The minimum atomic E-state index is -0.210. The summed E-state index contributed by atoms with van der Waals surface area (Å²) >= 11 is 0. The Balaban J connectivity index is 2.31. The lowest BCUT2D eigenvalue weighted by molar-refractivity contribution is -0.148. The van der Waals surface area contributed by atoms with Gasteiger partial charge in [-0.1, -0.05) is 43.3 Å². The van der Waals surface area contributed by atoms with E-state index in [9.17, 15) is 4.79 Å². The average Bonchev–Trinajstić information content (AvgIpc) is 2.41. The van der Waals surface area contributed by atoms with Gasteiger partial charge in [-0.05, 0) is 18.9 Å². The maximum absolute atomic E-state index is 11.8. The fourth-order valence-corrected chi connectivity index (χ4v) is 2.36. The van der Waals surface area contributed by atoms with Crippen molar-refractivity contribution in [3.8, 4) is 0 Å². The van der Waals surface area contributed by atoms with Crippen LogP contribution in [0.2, 0.25) is 0 Å². The third-order valence-corrected chi connectivity index (χ3v) is 3.19. The molecule has 0 aliphatic carbocycles. The standard InChI is InChI=1S/C15H19NO2/c1-3-10-16-13(4-2)15(17)18-11-14(16)12-8-6-5-7-9-12/h4-9,14H,3,10-11H2,1-2H3. The van der Waals surface area contributed by atoms with Gasteiger partial charge >= 0.3 is 5.97 Å². The molecular formula is C15H19NO2. The Kier molecular flexibility index (Phi) is 4.03. The second kappa shape index (κ2) is 5.71. The molecular weight excluding hydrogens is 226 g/mol. The number of benzene rings is 1. The summed E-state index contributed by atoms with van der Waals surface area (Å²) in [6.07, 6.45) is 2.85. The number of hydrogen-bond donors (Lipinski definition) is 0. The third kappa shape index (κ3) is 2.40.